The summed E-state index contributed by atoms with van der Waals surface area (Å²) in [5, 5.41) is 3.76. The van der Waals surface area contributed by atoms with Gasteiger partial charge in [-0.15, -0.1) is 0 Å². The van der Waals surface area contributed by atoms with Crippen molar-refractivity contribution >= 4 is 44.3 Å². The minimum atomic E-state index is -3.84. The molecule has 0 radical (unpaired) electrons. The monoisotopic (exact) mass is 416 g/mol. The molecule has 2 N–H and O–H groups in total. The zero-order chi connectivity index (χ0) is 19.6. The van der Waals surface area contributed by atoms with Crippen LogP contribution in [0.2, 0.25) is 5.02 Å². The summed E-state index contributed by atoms with van der Waals surface area (Å²) in [4.78, 5) is 9.25. The number of nitrogens with one attached hydrogen (secondary N) is 2. The zero-order valence-electron chi connectivity index (χ0n) is 15.2. The molecule has 0 atom stereocenters. The van der Waals surface area contributed by atoms with Crippen LogP contribution in [-0.2, 0) is 10.0 Å². The van der Waals surface area contributed by atoms with Crippen molar-refractivity contribution in [1.29, 1.82) is 0 Å². The van der Waals surface area contributed by atoms with Gasteiger partial charge in [-0.25, -0.2) is 18.4 Å². The third-order valence-electron chi connectivity index (χ3n) is 4.85. The Bertz CT molecular complexity index is 1100. The van der Waals surface area contributed by atoms with Crippen molar-refractivity contribution in [2.24, 2.45) is 0 Å². The van der Waals surface area contributed by atoms with Crippen molar-refractivity contribution in [3.63, 3.8) is 0 Å². The molecule has 0 bridgehead atoms. The van der Waals surface area contributed by atoms with E-state index in [9.17, 15) is 8.42 Å². The van der Waals surface area contributed by atoms with Gasteiger partial charge in [-0.2, -0.15) is 0 Å². The molecule has 6 nitrogen and oxygen atoms in total. The van der Waals surface area contributed by atoms with Crippen molar-refractivity contribution in [3.8, 4) is 0 Å². The summed E-state index contributed by atoms with van der Waals surface area (Å²) in [6, 6.07) is 13.8. The Morgan fingerprint density at radius 1 is 0.893 bits per heavy atom. The highest BCUT2D eigenvalue weighted by atomic mass is 35.5. The van der Waals surface area contributed by atoms with Gasteiger partial charge in [0.1, 0.15) is 0 Å². The number of hydrogen-bond acceptors (Lipinski definition) is 5. The molecule has 1 aromatic heterocycles. The molecule has 0 saturated heterocycles. The van der Waals surface area contributed by atoms with E-state index in [0.717, 1.165) is 25.7 Å². The standard InChI is InChI=1S/C20H21ClN4O2S/c21-14-7-6-10-16(13-14)28(26,27)25-20-19(22-15-8-2-1-3-9-15)23-17-11-4-5-12-18(17)24-20/h4-7,10-13,15H,1-3,8-9H2,(H,22,23)(H,24,25). The van der Waals surface area contributed by atoms with Gasteiger partial charge in [0.2, 0.25) is 0 Å². The van der Waals surface area contributed by atoms with Crippen LogP contribution in [0.3, 0.4) is 0 Å². The molecular formula is C20H21ClN4O2S. The number of aromatic nitrogens is 2. The fourth-order valence-corrected chi connectivity index (χ4v) is 4.74. The Morgan fingerprint density at radius 2 is 1.57 bits per heavy atom. The number of hydrogen-bond donors (Lipinski definition) is 2. The van der Waals surface area contributed by atoms with Crippen LogP contribution >= 0.6 is 11.6 Å². The normalized spacial score (nSPS) is 15.5. The Hall–Kier alpha value is -2.38. The first-order valence-electron chi connectivity index (χ1n) is 9.33. The van der Waals surface area contributed by atoms with E-state index in [1.807, 2.05) is 24.3 Å². The maximum Gasteiger partial charge on any atom is 0.263 e. The maximum atomic E-state index is 12.9. The Balaban J connectivity index is 1.72. The molecule has 0 unspecified atom stereocenters. The molecule has 0 aliphatic heterocycles. The zero-order valence-corrected chi connectivity index (χ0v) is 16.8. The molecule has 1 fully saturated rings. The second-order valence-electron chi connectivity index (χ2n) is 6.95. The van der Waals surface area contributed by atoms with Gasteiger partial charge in [0, 0.05) is 11.1 Å². The summed E-state index contributed by atoms with van der Waals surface area (Å²) in [6.07, 6.45) is 5.62. The van der Waals surface area contributed by atoms with Crippen molar-refractivity contribution in [2.75, 3.05) is 10.0 Å². The molecule has 2 aromatic carbocycles. The Morgan fingerprint density at radius 3 is 2.25 bits per heavy atom. The van der Waals surface area contributed by atoms with Crippen molar-refractivity contribution in [1.82, 2.24) is 9.97 Å². The van der Waals surface area contributed by atoms with Gasteiger partial charge in [0.25, 0.3) is 10.0 Å². The highest BCUT2D eigenvalue weighted by molar-refractivity contribution is 7.92. The van der Waals surface area contributed by atoms with E-state index in [-0.39, 0.29) is 16.8 Å². The average Bonchev–Trinajstić information content (AvgIpc) is 2.69. The van der Waals surface area contributed by atoms with Gasteiger partial charge in [-0.1, -0.05) is 49.1 Å². The van der Waals surface area contributed by atoms with Gasteiger partial charge >= 0.3 is 0 Å². The van der Waals surface area contributed by atoms with E-state index in [2.05, 4.69) is 20.0 Å². The molecule has 8 heteroatoms. The van der Waals surface area contributed by atoms with Crippen LogP contribution in [0.1, 0.15) is 32.1 Å². The molecular weight excluding hydrogens is 396 g/mol. The summed E-state index contributed by atoms with van der Waals surface area (Å²) < 4.78 is 28.3. The molecule has 1 aliphatic rings. The lowest BCUT2D eigenvalue weighted by Crippen LogP contribution is -2.25. The number of benzene rings is 2. The summed E-state index contributed by atoms with van der Waals surface area (Å²) in [7, 11) is -3.84. The summed E-state index contributed by atoms with van der Waals surface area (Å²) in [5.41, 5.74) is 1.34. The topological polar surface area (TPSA) is 84.0 Å². The lowest BCUT2D eigenvalue weighted by molar-refractivity contribution is 0.462. The Kier molecular flexibility index (Phi) is 5.37. The molecule has 4 rings (SSSR count). The van der Waals surface area contributed by atoms with E-state index in [0.29, 0.717) is 21.9 Å². The third kappa shape index (κ3) is 4.20. The number of sulfonamides is 1. The van der Waals surface area contributed by atoms with Gasteiger partial charge in [-0.3, -0.25) is 4.72 Å². The molecule has 0 amide bonds. The third-order valence-corrected chi connectivity index (χ3v) is 6.43. The van der Waals surface area contributed by atoms with Crippen LogP contribution in [-0.4, -0.2) is 24.4 Å². The van der Waals surface area contributed by atoms with E-state index >= 15 is 0 Å². The number of fused-ring (bicyclic) bond motifs is 1. The van der Waals surface area contributed by atoms with Gasteiger partial charge in [0.05, 0.1) is 15.9 Å². The minimum absolute atomic E-state index is 0.0820. The smallest absolute Gasteiger partial charge is 0.263 e. The van der Waals surface area contributed by atoms with Crippen LogP contribution in [0.25, 0.3) is 11.0 Å². The number of anilines is 2. The molecule has 0 spiro atoms. The Labute approximate surface area is 169 Å². The maximum absolute atomic E-state index is 12.9. The number of rotatable bonds is 5. The van der Waals surface area contributed by atoms with Crippen molar-refractivity contribution in [3.05, 3.63) is 53.6 Å². The first-order valence-corrected chi connectivity index (χ1v) is 11.2. The fraction of sp³-hybridized carbons (Fsp3) is 0.300. The number of halogens is 1. The largest absolute Gasteiger partial charge is 0.364 e. The number of para-hydroxylation sites is 2. The van der Waals surface area contributed by atoms with E-state index in [1.165, 1.54) is 18.6 Å². The second-order valence-corrected chi connectivity index (χ2v) is 9.07. The highest BCUT2D eigenvalue weighted by Gasteiger charge is 2.21. The predicted molar refractivity (Wildman–Crippen MR) is 112 cm³/mol. The first-order chi connectivity index (χ1) is 13.5. The van der Waals surface area contributed by atoms with Gasteiger partial charge in [0.15, 0.2) is 11.6 Å². The molecule has 28 heavy (non-hydrogen) atoms. The number of nitrogens with zero attached hydrogens (tertiary/aromatic N) is 2. The highest BCUT2D eigenvalue weighted by Crippen LogP contribution is 2.28. The fourth-order valence-electron chi connectivity index (χ4n) is 3.43. The second kappa shape index (κ2) is 7.93. The molecule has 3 aromatic rings. The lowest BCUT2D eigenvalue weighted by Gasteiger charge is -2.24. The van der Waals surface area contributed by atoms with Crippen LogP contribution < -0.4 is 10.0 Å². The minimum Gasteiger partial charge on any atom is -0.364 e. The molecule has 1 saturated carbocycles. The van der Waals surface area contributed by atoms with Gasteiger partial charge in [-0.05, 0) is 43.2 Å². The SMILES string of the molecule is O=S(=O)(Nc1nc2ccccc2nc1NC1CCCCC1)c1cccc(Cl)c1. The van der Waals surface area contributed by atoms with Crippen molar-refractivity contribution < 1.29 is 8.42 Å². The summed E-state index contributed by atoms with van der Waals surface area (Å²) in [5.74, 6) is 0.653. The van der Waals surface area contributed by atoms with E-state index < -0.39 is 10.0 Å². The van der Waals surface area contributed by atoms with E-state index in [1.54, 1.807) is 12.1 Å². The van der Waals surface area contributed by atoms with Crippen molar-refractivity contribution in [2.45, 2.75) is 43.0 Å². The predicted octanol–water partition coefficient (Wildman–Crippen LogP) is 4.83. The quantitative estimate of drug-likeness (QED) is 0.622. The van der Waals surface area contributed by atoms with E-state index in [4.69, 9.17) is 11.6 Å². The van der Waals surface area contributed by atoms with Crippen LogP contribution in [0.4, 0.5) is 11.6 Å². The molecule has 1 heterocycles. The first kappa shape index (κ1) is 19.0. The summed E-state index contributed by atoms with van der Waals surface area (Å²) >= 11 is 5.96. The van der Waals surface area contributed by atoms with Crippen LogP contribution in [0, 0.1) is 0 Å². The molecule has 1 aliphatic carbocycles. The van der Waals surface area contributed by atoms with Crippen LogP contribution in [0.15, 0.2) is 53.4 Å². The summed E-state index contributed by atoms with van der Waals surface area (Å²) in [6.45, 7) is 0. The van der Waals surface area contributed by atoms with Crippen LogP contribution in [0.5, 0.6) is 0 Å². The average molecular weight is 417 g/mol. The molecule has 146 valence electrons. The van der Waals surface area contributed by atoms with Gasteiger partial charge < -0.3 is 5.32 Å². The lowest BCUT2D eigenvalue weighted by atomic mass is 9.95.